The molecule has 0 spiro atoms. The van der Waals surface area contributed by atoms with Crippen LogP contribution in [0.1, 0.15) is 43.4 Å². The minimum atomic E-state index is -0.594. The lowest BCUT2D eigenvalue weighted by molar-refractivity contribution is 0.183. The molecule has 5 nitrogen and oxygen atoms in total. The van der Waals surface area contributed by atoms with Crippen molar-refractivity contribution in [2.45, 2.75) is 45.7 Å². The van der Waals surface area contributed by atoms with Gasteiger partial charge in [0, 0.05) is 37.9 Å². The quantitative estimate of drug-likeness (QED) is 0.814. The molecular weight excluding hydrogens is 276 g/mol. The van der Waals surface area contributed by atoms with E-state index >= 15 is 0 Å². The summed E-state index contributed by atoms with van der Waals surface area (Å²) in [6, 6.07) is 6.46. The van der Waals surface area contributed by atoms with Crippen LogP contribution in [0, 0.1) is 20.4 Å². The maximum atomic E-state index is 7.52. The first-order valence-corrected chi connectivity index (χ1v) is 7.66. The fraction of sp³-hybridized carbons (Fsp3) is 0.529. The Bertz CT molecular complexity index is 707. The van der Waals surface area contributed by atoms with E-state index in [1.54, 1.807) is 0 Å². The second kappa shape index (κ2) is 5.29. The van der Waals surface area contributed by atoms with Gasteiger partial charge < -0.3 is 14.1 Å². The molecule has 116 valence electrons. The summed E-state index contributed by atoms with van der Waals surface area (Å²) in [4.78, 5) is 3.80. The van der Waals surface area contributed by atoms with Crippen molar-refractivity contribution in [2.24, 2.45) is 0 Å². The number of hydrogen-bond donors (Lipinski definition) is 0. The Hall–Kier alpha value is -2.06. The van der Waals surface area contributed by atoms with Gasteiger partial charge in [0.05, 0.1) is 12.6 Å². The Kier molecular flexibility index (Phi) is 3.57. The van der Waals surface area contributed by atoms with Gasteiger partial charge >= 0.3 is 0 Å². The summed E-state index contributed by atoms with van der Waals surface area (Å²) in [7, 11) is 0. The third-order valence-corrected chi connectivity index (χ3v) is 4.38. The van der Waals surface area contributed by atoms with Crippen molar-refractivity contribution in [3.05, 3.63) is 46.7 Å². The first-order valence-electron chi connectivity index (χ1n) is 7.66. The largest absolute Gasteiger partial charge is 0.379 e. The Morgan fingerprint density at radius 1 is 1.32 bits per heavy atom. The normalized spacial score (nSPS) is 18.6. The van der Waals surface area contributed by atoms with Crippen molar-refractivity contribution >= 4 is 0 Å². The van der Waals surface area contributed by atoms with Crippen molar-refractivity contribution in [2.75, 3.05) is 13.2 Å². The van der Waals surface area contributed by atoms with Crippen LogP contribution in [0.3, 0.4) is 0 Å². The first-order chi connectivity index (χ1) is 10.4. The lowest BCUT2D eigenvalue weighted by atomic mass is 10.0. The summed E-state index contributed by atoms with van der Waals surface area (Å²) in [6.07, 6.45) is 0.950. The minimum absolute atomic E-state index is 0.223. The van der Waals surface area contributed by atoms with Crippen LogP contribution in [0.25, 0.3) is 10.7 Å². The highest BCUT2D eigenvalue weighted by Gasteiger charge is 2.35. The van der Waals surface area contributed by atoms with E-state index in [2.05, 4.69) is 41.5 Å². The van der Waals surface area contributed by atoms with E-state index in [0.29, 0.717) is 6.61 Å². The smallest absolute Gasteiger partial charge is 0.268 e. The van der Waals surface area contributed by atoms with Gasteiger partial charge in [0.25, 0.3) is 5.54 Å². The van der Waals surface area contributed by atoms with E-state index in [4.69, 9.17) is 16.4 Å². The molecule has 5 heteroatoms. The van der Waals surface area contributed by atoms with Crippen LogP contribution in [0.2, 0.25) is 0 Å². The molecule has 1 saturated heterocycles. The van der Waals surface area contributed by atoms with E-state index in [9.17, 15) is 0 Å². The fourth-order valence-electron chi connectivity index (χ4n) is 3.03. The molecule has 3 rings (SSSR count). The van der Waals surface area contributed by atoms with Crippen LogP contribution < -0.4 is 0 Å². The van der Waals surface area contributed by atoms with Crippen LogP contribution in [-0.4, -0.2) is 27.6 Å². The molecule has 0 aromatic carbocycles. The standard InChI is InChI=1S/C17H22N4O/c1-12-6-7-13(2)20(12)16-10-15(17(3,4)18-5)21(19-16)14-8-9-22-11-14/h6-7,10,14H,8-9,11H2,1-4H3/t14-/m0/s1. The molecule has 0 bridgehead atoms. The SMILES string of the molecule is [C-]#[N+]C(C)(C)c1cc(-n2c(C)ccc2C)nn1[C@H]1CCOC1. The molecule has 2 aromatic heterocycles. The van der Waals surface area contributed by atoms with E-state index in [0.717, 1.165) is 35.9 Å². The van der Waals surface area contributed by atoms with Crippen LogP contribution in [0.5, 0.6) is 0 Å². The van der Waals surface area contributed by atoms with E-state index in [1.165, 1.54) is 0 Å². The predicted molar refractivity (Wildman–Crippen MR) is 85.1 cm³/mol. The first kappa shape index (κ1) is 14.9. The summed E-state index contributed by atoms with van der Waals surface area (Å²) in [5.74, 6) is 0.888. The summed E-state index contributed by atoms with van der Waals surface area (Å²) in [5, 5.41) is 4.83. The summed E-state index contributed by atoms with van der Waals surface area (Å²) >= 11 is 0. The molecule has 0 radical (unpaired) electrons. The Morgan fingerprint density at radius 2 is 2.00 bits per heavy atom. The molecule has 0 unspecified atom stereocenters. The number of ether oxygens (including phenoxy) is 1. The van der Waals surface area contributed by atoms with Gasteiger partial charge in [0.1, 0.15) is 5.69 Å². The molecular formula is C17H22N4O. The van der Waals surface area contributed by atoms with Crippen LogP contribution >= 0.6 is 0 Å². The zero-order valence-corrected chi connectivity index (χ0v) is 13.6. The molecule has 1 atom stereocenters. The van der Waals surface area contributed by atoms with Gasteiger partial charge in [-0.2, -0.15) is 5.10 Å². The molecule has 22 heavy (non-hydrogen) atoms. The zero-order chi connectivity index (χ0) is 15.9. The molecule has 0 aliphatic carbocycles. The zero-order valence-electron chi connectivity index (χ0n) is 13.6. The van der Waals surface area contributed by atoms with E-state index in [1.807, 2.05) is 18.5 Å². The average Bonchev–Trinajstić information content (AvgIpc) is 3.18. The molecule has 0 saturated carbocycles. The maximum Gasteiger partial charge on any atom is 0.268 e. The minimum Gasteiger partial charge on any atom is -0.379 e. The second-order valence-electron chi connectivity index (χ2n) is 6.47. The molecule has 2 aromatic rings. The van der Waals surface area contributed by atoms with Crippen molar-refractivity contribution in [3.8, 4) is 5.82 Å². The number of aromatic nitrogens is 3. The van der Waals surface area contributed by atoms with Crippen LogP contribution in [0.4, 0.5) is 0 Å². The number of rotatable bonds is 3. The summed E-state index contributed by atoms with van der Waals surface area (Å²) in [6.45, 7) is 17.0. The lowest BCUT2D eigenvalue weighted by Crippen LogP contribution is -2.22. The Balaban J connectivity index is 2.15. The number of aryl methyl sites for hydroxylation is 2. The highest BCUT2D eigenvalue weighted by atomic mass is 16.5. The second-order valence-corrected chi connectivity index (χ2v) is 6.47. The maximum absolute atomic E-state index is 7.52. The number of nitrogens with zero attached hydrogens (tertiary/aromatic N) is 4. The Morgan fingerprint density at radius 3 is 2.55 bits per heavy atom. The highest BCUT2D eigenvalue weighted by Crippen LogP contribution is 2.32. The third kappa shape index (κ3) is 2.34. The summed E-state index contributed by atoms with van der Waals surface area (Å²) < 4.78 is 9.66. The molecule has 1 fully saturated rings. The van der Waals surface area contributed by atoms with Crippen molar-refractivity contribution in [1.82, 2.24) is 14.3 Å². The van der Waals surface area contributed by atoms with Crippen molar-refractivity contribution in [3.63, 3.8) is 0 Å². The van der Waals surface area contributed by atoms with Crippen molar-refractivity contribution in [1.29, 1.82) is 0 Å². The van der Waals surface area contributed by atoms with E-state index in [-0.39, 0.29) is 6.04 Å². The van der Waals surface area contributed by atoms with Crippen LogP contribution in [-0.2, 0) is 10.3 Å². The topological polar surface area (TPSA) is 36.3 Å². The van der Waals surface area contributed by atoms with Gasteiger partial charge in [-0.25, -0.2) is 6.57 Å². The number of hydrogen-bond acceptors (Lipinski definition) is 2. The van der Waals surface area contributed by atoms with Gasteiger partial charge in [-0.1, -0.05) is 0 Å². The molecule has 0 N–H and O–H groups in total. The Labute approximate surface area is 131 Å². The highest BCUT2D eigenvalue weighted by molar-refractivity contribution is 5.36. The van der Waals surface area contributed by atoms with Gasteiger partial charge in [-0.3, -0.25) is 4.68 Å². The fourth-order valence-corrected chi connectivity index (χ4v) is 3.03. The van der Waals surface area contributed by atoms with Crippen LogP contribution in [0.15, 0.2) is 18.2 Å². The molecule has 3 heterocycles. The summed E-state index contributed by atoms with van der Waals surface area (Å²) in [5.41, 5.74) is 2.66. The van der Waals surface area contributed by atoms with Crippen molar-refractivity contribution < 1.29 is 4.74 Å². The predicted octanol–water partition coefficient (Wildman–Crippen LogP) is 3.41. The lowest BCUT2D eigenvalue weighted by Gasteiger charge is -2.17. The van der Waals surface area contributed by atoms with E-state index < -0.39 is 5.54 Å². The third-order valence-electron chi connectivity index (χ3n) is 4.38. The van der Waals surface area contributed by atoms with Gasteiger partial charge in [-0.05, 0) is 32.4 Å². The average molecular weight is 298 g/mol. The van der Waals surface area contributed by atoms with Gasteiger partial charge in [0.2, 0.25) is 0 Å². The molecule has 1 aliphatic rings. The van der Waals surface area contributed by atoms with Gasteiger partial charge in [0.15, 0.2) is 5.82 Å². The van der Waals surface area contributed by atoms with Gasteiger partial charge in [-0.15, -0.1) is 0 Å². The molecule has 0 amide bonds. The molecule has 1 aliphatic heterocycles. The monoisotopic (exact) mass is 298 g/mol.